The smallest absolute Gasteiger partial charge is 0.177 e. The van der Waals surface area contributed by atoms with E-state index in [1.807, 2.05) is 36.5 Å². The SMILES string of the molecule is NC1CCC(Nc2cc(Nc3ccc(-c4ccc(Cl)cc4)cc3)c3nccn3n2)CC1. The van der Waals surface area contributed by atoms with Crippen molar-refractivity contribution in [1.82, 2.24) is 14.6 Å². The van der Waals surface area contributed by atoms with E-state index in [9.17, 15) is 0 Å². The topological polar surface area (TPSA) is 80.3 Å². The molecule has 4 aromatic rings. The highest BCUT2D eigenvalue weighted by molar-refractivity contribution is 6.30. The molecule has 158 valence electrons. The van der Waals surface area contributed by atoms with Gasteiger partial charge in [0.2, 0.25) is 0 Å². The van der Waals surface area contributed by atoms with Crippen LogP contribution in [0, 0.1) is 0 Å². The van der Waals surface area contributed by atoms with E-state index < -0.39 is 0 Å². The fraction of sp³-hybridized carbons (Fsp3) is 0.250. The lowest BCUT2D eigenvalue weighted by atomic mass is 9.92. The van der Waals surface area contributed by atoms with E-state index in [0.717, 1.165) is 64.7 Å². The van der Waals surface area contributed by atoms with Crippen molar-refractivity contribution in [3.05, 3.63) is 72.0 Å². The second kappa shape index (κ2) is 8.57. The lowest BCUT2D eigenvalue weighted by Gasteiger charge is -2.27. The molecule has 2 aromatic carbocycles. The third-order valence-electron chi connectivity index (χ3n) is 5.82. The number of nitrogens with two attached hydrogens (primary N) is 1. The quantitative estimate of drug-likeness (QED) is 0.389. The zero-order chi connectivity index (χ0) is 21.2. The maximum absolute atomic E-state index is 6.04. The van der Waals surface area contributed by atoms with Gasteiger partial charge in [-0.15, -0.1) is 5.10 Å². The number of rotatable bonds is 5. The van der Waals surface area contributed by atoms with Crippen LogP contribution in [0.4, 0.5) is 17.2 Å². The van der Waals surface area contributed by atoms with Crippen LogP contribution in [0.15, 0.2) is 67.0 Å². The summed E-state index contributed by atoms with van der Waals surface area (Å²) in [6, 6.07) is 19.0. The summed E-state index contributed by atoms with van der Waals surface area (Å²) >= 11 is 6.00. The number of fused-ring (bicyclic) bond motifs is 1. The first kappa shape index (κ1) is 19.8. The second-order valence-corrected chi connectivity index (χ2v) is 8.54. The van der Waals surface area contributed by atoms with Gasteiger partial charge in [-0.25, -0.2) is 9.50 Å². The van der Waals surface area contributed by atoms with Crippen molar-refractivity contribution in [1.29, 1.82) is 0 Å². The second-order valence-electron chi connectivity index (χ2n) is 8.10. The first-order valence-corrected chi connectivity index (χ1v) is 11.0. The number of halogens is 1. The summed E-state index contributed by atoms with van der Waals surface area (Å²) in [7, 11) is 0. The molecule has 1 aliphatic rings. The average Bonchev–Trinajstić information content (AvgIpc) is 3.26. The Balaban J connectivity index is 1.37. The molecule has 2 aromatic heterocycles. The summed E-state index contributed by atoms with van der Waals surface area (Å²) in [6.45, 7) is 0. The first-order chi connectivity index (χ1) is 15.1. The lowest BCUT2D eigenvalue weighted by Crippen LogP contribution is -2.33. The molecule has 7 heteroatoms. The molecule has 31 heavy (non-hydrogen) atoms. The van der Waals surface area contributed by atoms with Crippen LogP contribution in [0.5, 0.6) is 0 Å². The molecule has 0 spiro atoms. The van der Waals surface area contributed by atoms with Crippen LogP contribution in [-0.4, -0.2) is 26.7 Å². The fourth-order valence-electron chi connectivity index (χ4n) is 4.10. The number of nitrogens with one attached hydrogen (secondary N) is 2. The average molecular weight is 433 g/mol. The van der Waals surface area contributed by atoms with Crippen molar-refractivity contribution in [2.75, 3.05) is 10.6 Å². The van der Waals surface area contributed by atoms with Crippen molar-refractivity contribution in [2.24, 2.45) is 5.73 Å². The van der Waals surface area contributed by atoms with Crippen molar-refractivity contribution < 1.29 is 0 Å². The van der Waals surface area contributed by atoms with Gasteiger partial charge in [-0.1, -0.05) is 35.9 Å². The van der Waals surface area contributed by atoms with Gasteiger partial charge in [0.15, 0.2) is 5.65 Å². The van der Waals surface area contributed by atoms with Crippen molar-refractivity contribution >= 4 is 34.4 Å². The van der Waals surface area contributed by atoms with Crippen LogP contribution >= 0.6 is 11.6 Å². The standard InChI is InChI=1S/C24H25ClN6/c25-18-5-1-16(2-6-18)17-3-9-20(10-4-17)28-22-15-23(30-31-14-13-27-24(22)31)29-21-11-7-19(26)8-12-21/h1-6,9-10,13-15,19,21,28H,7-8,11-12,26H2,(H,29,30). The molecule has 0 saturated heterocycles. The third-order valence-corrected chi connectivity index (χ3v) is 6.08. The number of aromatic nitrogens is 3. The van der Waals surface area contributed by atoms with E-state index in [0.29, 0.717) is 12.1 Å². The summed E-state index contributed by atoms with van der Waals surface area (Å²) in [5.41, 5.74) is 11.0. The molecule has 0 amide bonds. The van der Waals surface area contributed by atoms with Crippen LogP contribution in [0.25, 0.3) is 16.8 Å². The van der Waals surface area contributed by atoms with Gasteiger partial charge in [-0.3, -0.25) is 0 Å². The van der Waals surface area contributed by atoms with E-state index >= 15 is 0 Å². The molecule has 1 saturated carbocycles. The van der Waals surface area contributed by atoms with E-state index in [-0.39, 0.29) is 0 Å². The van der Waals surface area contributed by atoms with Crippen LogP contribution in [0.1, 0.15) is 25.7 Å². The minimum Gasteiger partial charge on any atom is -0.366 e. The van der Waals surface area contributed by atoms with Gasteiger partial charge < -0.3 is 16.4 Å². The summed E-state index contributed by atoms with van der Waals surface area (Å²) in [4.78, 5) is 4.47. The highest BCUT2D eigenvalue weighted by Gasteiger charge is 2.19. The van der Waals surface area contributed by atoms with Gasteiger partial charge in [0.1, 0.15) is 5.82 Å². The molecule has 0 unspecified atom stereocenters. The van der Waals surface area contributed by atoms with Gasteiger partial charge in [0.25, 0.3) is 0 Å². The molecule has 1 aliphatic carbocycles. The zero-order valence-corrected chi connectivity index (χ0v) is 17.9. The predicted molar refractivity (Wildman–Crippen MR) is 127 cm³/mol. The summed E-state index contributed by atoms with van der Waals surface area (Å²) in [6.07, 6.45) is 7.87. The van der Waals surface area contributed by atoms with E-state index in [2.05, 4.69) is 45.0 Å². The molecular weight excluding hydrogens is 408 g/mol. The Morgan fingerprint density at radius 2 is 1.61 bits per heavy atom. The molecule has 5 rings (SSSR count). The fourth-order valence-corrected chi connectivity index (χ4v) is 4.22. The Morgan fingerprint density at radius 3 is 2.32 bits per heavy atom. The maximum Gasteiger partial charge on any atom is 0.177 e. The molecule has 2 heterocycles. The monoisotopic (exact) mass is 432 g/mol. The number of hydrogen-bond acceptors (Lipinski definition) is 5. The molecular formula is C24H25ClN6. The number of imidazole rings is 1. The Morgan fingerprint density at radius 1 is 0.935 bits per heavy atom. The zero-order valence-electron chi connectivity index (χ0n) is 17.1. The molecule has 4 N–H and O–H groups in total. The minimum absolute atomic E-state index is 0.329. The van der Waals surface area contributed by atoms with E-state index in [1.165, 1.54) is 0 Å². The normalized spacial score (nSPS) is 18.8. The van der Waals surface area contributed by atoms with Crippen molar-refractivity contribution in [2.45, 2.75) is 37.8 Å². The van der Waals surface area contributed by atoms with Gasteiger partial charge in [-0.05, 0) is 61.1 Å². The Labute approximate surface area is 186 Å². The first-order valence-electron chi connectivity index (χ1n) is 10.6. The summed E-state index contributed by atoms with van der Waals surface area (Å²) in [5.74, 6) is 0.839. The molecule has 0 radical (unpaired) electrons. The van der Waals surface area contributed by atoms with Gasteiger partial charge in [0.05, 0.1) is 5.69 Å². The van der Waals surface area contributed by atoms with Gasteiger partial charge >= 0.3 is 0 Å². The van der Waals surface area contributed by atoms with Crippen LogP contribution in [-0.2, 0) is 0 Å². The predicted octanol–water partition coefficient (Wildman–Crippen LogP) is 5.48. The largest absolute Gasteiger partial charge is 0.366 e. The summed E-state index contributed by atoms with van der Waals surface area (Å²) < 4.78 is 1.81. The van der Waals surface area contributed by atoms with Crippen LogP contribution in [0.2, 0.25) is 5.02 Å². The minimum atomic E-state index is 0.329. The molecule has 0 bridgehead atoms. The van der Waals surface area contributed by atoms with Crippen molar-refractivity contribution in [3.63, 3.8) is 0 Å². The van der Waals surface area contributed by atoms with Crippen molar-refractivity contribution in [3.8, 4) is 11.1 Å². The number of benzene rings is 2. The Kier molecular flexibility index (Phi) is 5.49. The Hall–Kier alpha value is -3.09. The molecule has 6 nitrogen and oxygen atoms in total. The number of nitrogens with zero attached hydrogens (tertiary/aromatic N) is 3. The lowest BCUT2D eigenvalue weighted by molar-refractivity contribution is 0.410. The highest BCUT2D eigenvalue weighted by atomic mass is 35.5. The molecule has 1 fully saturated rings. The van der Waals surface area contributed by atoms with Crippen LogP contribution < -0.4 is 16.4 Å². The van der Waals surface area contributed by atoms with Gasteiger partial charge in [0, 0.05) is 41.3 Å². The third kappa shape index (κ3) is 4.50. The Bertz CT molecular complexity index is 1160. The molecule has 0 atom stereocenters. The maximum atomic E-state index is 6.04. The highest BCUT2D eigenvalue weighted by Crippen LogP contribution is 2.28. The van der Waals surface area contributed by atoms with Gasteiger partial charge in [-0.2, -0.15) is 0 Å². The van der Waals surface area contributed by atoms with E-state index in [4.69, 9.17) is 17.3 Å². The number of hydrogen-bond donors (Lipinski definition) is 3. The van der Waals surface area contributed by atoms with Crippen LogP contribution in [0.3, 0.4) is 0 Å². The number of anilines is 3. The molecule has 0 aliphatic heterocycles. The van der Waals surface area contributed by atoms with E-state index in [1.54, 1.807) is 10.7 Å². The summed E-state index contributed by atoms with van der Waals surface area (Å²) in [5, 5.41) is 12.5.